The third kappa shape index (κ3) is 2.37. The van der Waals surface area contributed by atoms with Gasteiger partial charge in [0.1, 0.15) is 5.60 Å². The van der Waals surface area contributed by atoms with Crippen LogP contribution in [0.4, 0.5) is 10.5 Å². The molecule has 0 radical (unpaired) electrons. The maximum atomic E-state index is 12.1. The van der Waals surface area contributed by atoms with E-state index in [2.05, 4.69) is 19.1 Å². The number of carbonyl (C=O) groups is 1. The molecule has 0 unspecified atom stereocenters. The molecule has 114 valence electrons. The van der Waals surface area contributed by atoms with Crippen molar-refractivity contribution in [1.29, 1.82) is 0 Å². The van der Waals surface area contributed by atoms with Crippen molar-refractivity contribution in [3.8, 4) is 0 Å². The monoisotopic (exact) mass is 288 g/mol. The molecular formula is C17H24N2O2. The first-order chi connectivity index (χ1) is 9.72. The van der Waals surface area contributed by atoms with E-state index in [9.17, 15) is 4.79 Å². The fraction of sp³-hybridized carbons (Fsp3) is 0.588. The van der Waals surface area contributed by atoms with Crippen molar-refractivity contribution in [3.63, 3.8) is 0 Å². The Morgan fingerprint density at radius 1 is 1.33 bits per heavy atom. The average molecular weight is 288 g/mol. The predicted octanol–water partition coefficient (Wildman–Crippen LogP) is 3.02. The topological polar surface area (TPSA) is 55.6 Å². The zero-order chi connectivity index (χ0) is 15.4. The summed E-state index contributed by atoms with van der Waals surface area (Å²) in [4.78, 5) is 14.0. The highest BCUT2D eigenvalue weighted by molar-refractivity contribution is 5.69. The summed E-state index contributed by atoms with van der Waals surface area (Å²) in [6.45, 7) is 9.55. The van der Waals surface area contributed by atoms with E-state index < -0.39 is 5.60 Å². The fourth-order valence-electron chi connectivity index (χ4n) is 3.66. The molecule has 0 bridgehead atoms. The van der Waals surface area contributed by atoms with Gasteiger partial charge >= 0.3 is 6.09 Å². The van der Waals surface area contributed by atoms with Crippen LogP contribution in [0.2, 0.25) is 0 Å². The van der Waals surface area contributed by atoms with E-state index in [1.165, 1.54) is 5.56 Å². The van der Waals surface area contributed by atoms with Gasteiger partial charge in [-0.2, -0.15) is 0 Å². The van der Waals surface area contributed by atoms with Crippen molar-refractivity contribution in [2.45, 2.75) is 38.7 Å². The number of ether oxygens (including phenoxy) is 1. The third-order valence-electron chi connectivity index (χ3n) is 4.91. The Kier molecular flexibility index (Phi) is 2.98. The average Bonchev–Trinajstić information content (AvgIpc) is 2.74. The summed E-state index contributed by atoms with van der Waals surface area (Å²) in [7, 11) is 0. The number of hydrogen-bond donors (Lipinski definition) is 1. The number of nitrogen functional groups attached to an aromatic ring is 1. The van der Waals surface area contributed by atoms with Crippen LogP contribution in [0, 0.1) is 11.8 Å². The molecule has 1 aromatic rings. The van der Waals surface area contributed by atoms with Crippen LogP contribution in [0.5, 0.6) is 0 Å². The number of amides is 1. The zero-order valence-electron chi connectivity index (χ0n) is 13.2. The number of fused-ring (bicyclic) bond motifs is 1. The maximum Gasteiger partial charge on any atom is 0.410 e. The van der Waals surface area contributed by atoms with E-state index >= 15 is 0 Å². The van der Waals surface area contributed by atoms with Gasteiger partial charge in [-0.15, -0.1) is 0 Å². The highest BCUT2D eigenvalue weighted by Gasteiger charge is 2.66. The fourth-order valence-corrected chi connectivity index (χ4v) is 3.66. The predicted molar refractivity (Wildman–Crippen MR) is 83.0 cm³/mol. The van der Waals surface area contributed by atoms with Gasteiger partial charge in [0.25, 0.3) is 0 Å². The lowest BCUT2D eigenvalue weighted by Gasteiger charge is -2.28. The molecule has 1 aromatic carbocycles. The number of piperidine rings is 1. The second-order valence-corrected chi connectivity index (χ2v) is 7.51. The summed E-state index contributed by atoms with van der Waals surface area (Å²) in [6, 6.07) is 8.14. The molecule has 3 rings (SSSR count). The first kappa shape index (κ1) is 14.2. The second kappa shape index (κ2) is 4.39. The number of nitrogens with two attached hydrogens (primary N) is 1. The lowest BCUT2D eigenvalue weighted by molar-refractivity contribution is 0.0263. The number of rotatable bonds is 1. The van der Waals surface area contributed by atoms with E-state index in [4.69, 9.17) is 10.5 Å². The van der Waals surface area contributed by atoms with Crippen molar-refractivity contribution in [1.82, 2.24) is 4.90 Å². The lowest BCUT2D eigenvalue weighted by Crippen LogP contribution is -2.38. The molecule has 1 aliphatic carbocycles. The lowest BCUT2D eigenvalue weighted by atomic mass is 9.92. The zero-order valence-corrected chi connectivity index (χ0v) is 13.2. The van der Waals surface area contributed by atoms with Gasteiger partial charge in [-0.1, -0.05) is 19.1 Å². The van der Waals surface area contributed by atoms with E-state index in [1.54, 1.807) is 0 Å². The SMILES string of the molecule is CC(C)(C)OC(=O)N1C[C@@H]2[C@H](C1)[C@]2(C)c1cccc(N)c1. The first-order valence-corrected chi connectivity index (χ1v) is 7.56. The smallest absolute Gasteiger partial charge is 0.410 e. The highest BCUT2D eigenvalue weighted by atomic mass is 16.6. The Labute approximate surface area is 126 Å². The summed E-state index contributed by atoms with van der Waals surface area (Å²) in [5, 5.41) is 0. The molecule has 0 spiro atoms. The van der Waals surface area contributed by atoms with Crippen molar-refractivity contribution in [2.24, 2.45) is 11.8 Å². The second-order valence-electron chi connectivity index (χ2n) is 7.51. The summed E-state index contributed by atoms with van der Waals surface area (Å²) in [5.41, 5.74) is 7.73. The number of anilines is 1. The Morgan fingerprint density at radius 3 is 2.48 bits per heavy atom. The quantitative estimate of drug-likeness (QED) is 0.808. The standard InChI is InChI=1S/C17H24N2O2/c1-16(2,3)21-15(20)19-9-13-14(10-19)17(13,4)11-6-5-7-12(18)8-11/h5-8,13-14H,9-10,18H2,1-4H3/t13-,14+,17-. The van der Waals surface area contributed by atoms with Crippen LogP contribution < -0.4 is 5.73 Å². The summed E-state index contributed by atoms with van der Waals surface area (Å²) >= 11 is 0. The van der Waals surface area contributed by atoms with Gasteiger partial charge in [0.2, 0.25) is 0 Å². The van der Waals surface area contributed by atoms with Crippen LogP contribution in [-0.2, 0) is 10.2 Å². The molecule has 0 aromatic heterocycles. The first-order valence-electron chi connectivity index (χ1n) is 7.56. The normalized spacial score (nSPS) is 31.0. The molecule has 2 fully saturated rings. The van der Waals surface area contributed by atoms with Crippen LogP contribution in [0.25, 0.3) is 0 Å². The van der Waals surface area contributed by atoms with Crippen molar-refractivity contribution < 1.29 is 9.53 Å². The highest BCUT2D eigenvalue weighted by Crippen LogP contribution is 2.63. The van der Waals surface area contributed by atoms with Crippen LogP contribution in [0.1, 0.15) is 33.3 Å². The van der Waals surface area contributed by atoms with E-state index in [0.29, 0.717) is 11.8 Å². The van der Waals surface area contributed by atoms with Gasteiger partial charge in [-0.3, -0.25) is 0 Å². The van der Waals surface area contributed by atoms with Crippen molar-refractivity contribution in [2.75, 3.05) is 18.8 Å². The maximum absolute atomic E-state index is 12.1. The Bertz CT molecular complexity index is 564. The molecular weight excluding hydrogens is 264 g/mol. The molecule has 1 saturated carbocycles. The summed E-state index contributed by atoms with van der Waals surface area (Å²) in [5.74, 6) is 1.04. The minimum Gasteiger partial charge on any atom is -0.444 e. The third-order valence-corrected chi connectivity index (χ3v) is 4.91. The molecule has 2 aliphatic rings. The van der Waals surface area contributed by atoms with E-state index in [1.807, 2.05) is 37.8 Å². The van der Waals surface area contributed by atoms with Crippen LogP contribution in [-0.4, -0.2) is 29.7 Å². The number of carbonyl (C=O) groups excluding carboxylic acids is 1. The molecule has 21 heavy (non-hydrogen) atoms. The number of nitrogens with zero attached hydrogens (tertiary/aromatic N) is 1. The van der Waals surface area contributed by atoms with Gasteiger partial charge in [0.15, 0.2) is 0 Å². The Morgan fingerprint density at radius 2 is 1.95 bits per heavy atom. The summed E-state index contributed by atoms with van der Waals surface area (Å²) < 4.78 is 5.45. The molecule has 4 heteroatoms. The van der Waals surface area contributed by atoms with Crippen molar-refractivity contribution >= 4 is 11.8 Å². The molecule has 1 heterocycles. The number of benzene rings is 1. The molecule has 2 N–H and O–H groups in total. The van der Waals surface area contributed by atoms with Crippen LogP contribution in [0.3, 0.4) is 0 Å². The molecule has 3 atom stereocenters. The van der Waals surface area contributed by atoms with Crippen LogP contribution in [0.15, 0.2) is 24.3 Å². The van der Waals surface area contributed by atoms with Gasteiger partial charge < -0.3 is 15.4 Å². The Hall–Kier alpha value is -1.71. The van der Waals surface area contributed by atoms with E-state index in [-0.39, 0.29) is 11.5 Å². The van der Waals surface area contributed by atoms with Crippen LogP contribution >= 0.6 is 0 Å². The number of hydrogen-bond acceptors (Lipinski definition) is 3. The van der Waals surface area contributed by atoms with Gasteiger partial charge in [-0.05, 0) is 50.3 Å². The van der Waals surface area contributed by atoms with Crippen molar-refractivity contribution in [3.05, 3.63) is 29.8 Å². The minimum atomic E-state index is -0.430. The largest absolute Gasteiger partial charge is 0.444 e. The minimum absolute atomic E-state index is 0.161. The Balaban J connectivity index is 1.67. The van der Waals surface area contributed by atoms with Gasteiger partial charge in [0.05, 0.1) is 0 Å². The van der Waals surface area contributed by atoms with Gasteiger partial charge in [-0.25, -0.2) is 4.79 Å². The molecule has 4 nitrogen and oxygen atoms in total. The molecule has 1 amide bonds. The summed E-state index contributed by atoms with van der Waals surface area (Å²) in [6.07, 6.45) is -0.190. The van der Waals surface area contributed by atoms with E-state index in [0.717, 1.165) is 18.8 Å². The molecule has 1 saturated heterocycles. The van der Waals surface area contributed by atoms with Gasteiger partial charge in [0, 0.05) is 24.2 Å². The molecule has 1 aliphatic heterocycles. The number of likely N-dealkylation sites (tertiary alicyclic amines) is 1.